The van der Waals surface area contributed by atoms with Gasteiger partial charge in [-0.2, -0.15) is 11.8 Å². The highest BCUT2D eigenvalue weighted by Gasteiger charge is 2.26. The molecule has 0 radical (unpaired) electrons. The number of aryl methyl sites for hydroxylation is 1. The lowest BCUT2D eigenvalue weighted by atomic mass is 10.0. The Labute approximate surface area is 126 Å². The van der Waals surface area contributed by atoms with E-state index in [4.69, 9.17) is 0 Å². The van der Waals surface area contributed by atoms with Crippen molar-refractivity contribution in [2.45, 2.75) is 31.9 Å². The van der Waals surface area contributed by atoms with Crippen molar-refractivity contribution in [1.82, 2.24) is 4.31 Å². The molecule has 0 spiro atoms. The number of hydrogen-bond acceptors (Lipinski definition) is 3. The third-order valence-corrected chi connectivity index (χ3v) is 7.08. The quantitative estimate of drug-likeness (QED) is 0.856. The number of nitrogens with zero attached hydrogens (tertiary/aromatic N) is 1. The summed E-state index contributed by atoms with van der Waals surface area (Å²) in [5, 5.41) is 0.415. The van der Waals surface area contributed by atoms with E-state index >= 15 is 0 Å². The van der Waals surface area contributed by atoms with Crippen molar-refractivity contribution in [3.05, 3.63) is 35.4 Å². The van der Waals surface area contributed by atoms with Gasteiger partial charge in [-0.05, 0) is 30.9 Å². The van der Waals surface area contributed by atoms with Crippen LogP contribution in [-0.2, 0) is 10.0 Å². The molecule has 0 saturated carbocycles. The molecule has 112 valence electrons. The van der Waals surface area contributed by atoms with E-state index in [0.29, 0.717) is 24.8 Å². The lowest BCUT2D eigenvalue weighted by Gasteiger charge is -2.20. The average molecular weight is 313 g/mol. The summed E-state index contributed by atoms with van der Waals surface area (Å²) in [6.07, 6.45) is 1.59. The Hall–Kier alpha value is -0.520. The van der Waals surface area contributed by atoms with Crippen molar-refractivity contribution in [2.75, 3.05) is 24.6 Å². The summed E-state index contributed by atoms with van der Waals surface area (Å²) in [5.41, 5.74) is 2.65. The molecule has 0 bridgehead atoms. The van der Waals surface area contributed by atoms with E-state index in [1.807, 2.05) is 18.7 Å². The van der Waals surface area contributed by atoms with Gasteiger partial charge in [-0.1, -0.05) is 31.2 Å². The zero-order chi connectivity index (χ0) is 14.6. The van der Waals surface area contributed by atoms with E-state index in [9.17, 15) is 8.42 Å². The van der Waals surface area contributed by atoms with Gasteiger partial charge in [0.25, 0.3) is 0 Å². The molecule has 20 heavy (non-hydrogen) atoms. The molecule has 1 aliphatic heterocycles. The number of benzene rings is 1. The summed E-state index contributed by atoms with van der Waals surface area (Å²) in [6.45, 7) is 5.34. The molecule has 1 heterocycles. The molecular formula is C15H23NO2S2. The molecule has 3 nitrogen and oxygen atoms in total. The van der Waals surface area contributed by atoms with Gasteiger partial charge in [-0.15, -0.1) is 0 Å². The molecule has 5 heteroatoms. The maximum absolute atomic E-state index is 12.2. The molecule has 1 aromatic rings. The van der Waals surface area contributed by atoms with Crippen LogP contribution in [0.25, 0.3) is 0 Å². The van der Waals surface area contributed by atoms with Crippen LogP contribution < -0.4 is 0 Å². The van der Waals surface area contributed by atoms with E-state index in [2.05, 4.69) is 31.2 Å². The number of hydrogen-bond donors (Lipinski definition) is 0. The van der Waals surface area contributed by atoms with E-state index in [1.54, 1.807) is 4.31 Å². The van der Waals surface area contributed by atoms with Crippen LogP contribution >= 0.6 is 11.8 Å². The van der Waals surface area contributed by atoms with Crippen LogP contribution in [0.3, 0.4) is 0 Å². The Morgan fingerprint density at radius 2 is 2.05 bits per heavy atom. The second-order valence-corrected chi connectivity index (χ2v) is 8.62. The minimum atomic E-state index is -3.05. The van der Waals surface area contributed by atoms with Gasteiger partial charge in [-0.3, -0.25) is 0 Å². The van der Waals surface area contributed by atoms with Crippen LogP contribution in [0.1, 0.15) is 36.1 Å². The zero-order valence-electron chi connectivity index (χ0n) is 12.2. The molecule has 1 fully saturated rings. The third kappa shape index (κ3) is 3.77. The van der Waals surface area contributed by atoms with Crippen LogP contribution in [0.15, 0.2) is 24.3 Å². The van der Waals surface area contributed by atoms with Gasteiger partial charge in [0.15, 0.2) is 0 Å². The molecule has 1 atom stereocenters. The summed E-state index contributed by atoms with van der Waals surface area (Å²) >= 11 is 1.88. The van der Waals surface area contributed by atoms with Gasteiger partial charge in [0.05, 0.1) is 5.75 Å². The Kier molecular flexibility index (Phi) is 5.52. The van der Waals surface area contributed by atoms with Gasteiger partial charge in [0.1, 0.15) is 0 Å². The first-order chi connectivity index (χ1) is 9.54. The molecule has 1 unspecified atom stereocenters. The maximum Gasteiger partial charge on any atom is 0.214 e. The van der Waals surface area contributed by atoms with Gasteiger partial charge in [0, 0.05) is 24.1 Å². The Bertz CT molecular complexity index is 543. The minimum Gasteiger partial charge on any atom is -0.212 e. The fourth-order valence-corrected chi connectivity index (χ4v) is 5.58. The number of rotatable bonds is 4. The summed E-state index contributed by atoms with van der Waals surface area (Å²) < 4.78 is 26.0. The topological polar surface area (TPSA) is 37.4 Å². The van der Waals surface area contributed by atoms with Gasteiger partial charge >= 0.3 is 0 Å². The van der Waals surface area contributed by atoms with Crippen molar-refractivity contribution < 1.29 is 8.42 Å². The molecule has 0 aliphatic carbocycles. The van der Waals surface area contributed by atoms with Crippen molar-refractivity contribution in [1.29, 1.82) is 0 Å². The highest BCUT2D eigenvalue weighted by atomic mass is 32.2. The molecular weight excluding hydrogens is 290 g/mol. The number of sulfonamides is 1. The zero-order valence-corrected chi connectivity index (χ0v) is 13.8. The Morgan fingerprint density at radius 3 is 2.75 bits per heavy atom. The fourth-order valence-electron chi connectivity index (χ4n) is 2.61. The maximum atomic E-state index is 12.2. The summed E-state index contributed by atoms with van der Waals surface area (Å²) in [4.78, 5) is 0. The molecule has 1 aromatic carbocycles. The lowest BCUT2D eigenvalue weighted by Crippen LogP contribution is -2.34. The summed E-state index contributed by atoms with van der Waals surface area (Å²) in [6, 6.07) is 8.42. The first kappa shape index (κ1) is 15.9. The largest absolute Gasteiger partial charge is 0.214 e. The second kappa shape index (κ2) is 6.96. The highest BCUT2D eigenvalue weighted by Crippen LogP contribution is 2.36. The first-order valence-corrected chi connectivity index (χ1v) is 9.85. The SMILES string of the molecule is CCCS(=O)(=O)N1CCSC(c2ccccc2C)CC1. The summed E-state index contributed by atoms with van der Waals surface area (Å²) in [7, 11) is -3.05. The highest BCUT2D eigenvalue weighted by molar-refractivity contribution is 7.99. The van der Waals surface area contributed by atoms with E-state index in [0.717, 1.165) is 12.2 Å². The monoisotopic (exact) mass is 313 g/mol. The van der Waals surface area contributed by atoms with Gasteiger partial charge in [0.2, 0.25) is 10.0 Å². The van der Waals surface area contributed by atoms with E-state index in [1.165, 1.54) is 11.1 Å². The van der Waals surface area contributed by atoms with Crippen LogP contribution in [0.2, 0.25) is 0 Å². The van der Waals surface area contributed by atoms with Crippen LogP contribution in [0.4, 0.5) is 0 Å². The third-order valence-electron chi connectivity index (χ3n) is 3.69. The normalized spacial score (nSPS) is 21.6. The number of thioether (sulfide) groups is 1. The first-order valence-electron chi connectivity index (χ1n) is 7.19. The molecule has 1 saturated heterocycles. The molecule has 1 aliphatic rings. The fraction of sp³-hybridized carbons (Fsp3) is 0.600. The predicted molar refractivity (Wildman–Crippen MR) is 86.6 cm³/mol. The van der Waals surface area contributed by atoms with E-state index < -0.39 is 10.0 Å². The van der Waals surface area contributed by atoms with Crippen LogP contribution in [0, 0.1) is 6.92 Å². The van der Waals surface area contributed by atoms with E-state index in [-0.39, 0.29) is 5.75 Å². The molecule has 0 amide bonds. The lowest BCUT2D eigenvalue weighted by molar-refractivity contribution is 0.427. The Morgan fingerprint density at radius 1 is 1.30 bits per heavy atom. The smallest absolute Gasteiger partial charge is 0.212 e. The second-order valence-electron chi connectivity index (χ2n) is 5.22. The van der Waals surface area contributed by atoms with Crippen LogP contribution in [-0.4, -0.2) is 37.3 Å². The minimum absolute atomic E-state index is 0.271. The van der Waals surface area contributed by atoms with Gasteiger partial charge in [-0.25, -0.2) is 12.7 Å². The van der Waals surface area contributed by atoms with Crippen molar-refractivity contribution in [3.63, 3.8) is 0 Å². The van der Waals surface area contributed by atoms with Crippen molar-refractivity contribution >= 4 is 21.8 Å². The molecule has 0 N–H and O–H groups in total. The van der Waals surface area contributed by atoms with Crippen molar-refractivity contribution in [3.8, 4) is 0 Å². The molecule has 0 aromatic heterocycles. The predicted octanol–water partition coefficient (Wildman–Crippen LogP) is 3.21. The van der Waals surface area contributed by atoms with Gasteiger partial charge < -0.3 is 0 Å². The van der Waals surface area contributed by atoms with Crippen molar-refractivity contribution in [2.24, 2.45) is 0 Å². The van der Waals surface area contributed by atoms with Crippen LogP contribution in [0.5, 0.6) is 0 Å². The standard InChI is InChI=1S/C15H23NO2S2/c1-3-12-20(17,18)16-9-8-15(19-11-10-16)14-7-5-4-6-13(14)2/h4-7,15H,3,8-12H2,1-2H3. The average Bonchev–Trinajstić information content (AvgIpc) is 2.65. The molecule has 2 rings (SSSR count). The summed E-state index contributed by atoms with van der Waals surface area (Å²) in [5.74, 6) is 1.15. The Balaban J connectivity index is 2.08.